The standard InChI is InChI=1S/C17H15BrN2/c18-16-11-15(9-8-14(16)12-19)20-10-4-3-6-13-5-1-2-7-17(13)20/h1-2,5,7-9,11H,3-4,6,10H2. The zero-order chi connectivity index (χ0) is 13.9. The van der Waals surface area contributed by atoms with Gasteiger partial charge in [0.15, 0.2) is 0 Å². The van der Waals surface area contributed by atoms with Crippen molar-refractivity contribution in [1.29, 1.82) is 5.26 Å². The number of fused-ring (bicyclic) bond motifs is 1. The fourth-order valence-electron chi connectivity index (χ4n) is 2.72. The van der Waals surface area contributed by atoms with E-state index >= 15 is 0 Å². The largest absolute Gasteiger partial charge is 0.341 e. The van der Waals surface area contributed by atoms with Crippen LogP contribution in [0.25, 0.3) is 0 Å². The second-order valence-electron chi connectivity index (χ2n) is 5.01. The summed E-state index contributed by atoms with van der Waals surface area (Å²) in [6.45, 7) is 1.02. The highest BCUT2D eigenvalue weighted by molar-refractivity contribution is 9.10. The third-order valence-electron chi connectivity index (χ3n) is 3.75. The van der Waals surface area contributed by atoms with Gasteiger partial charge in [0.05, 0.1) is 5.56 Å². The van der Waals surface area contributed by atoms with Crippen molar-refractivity contribution in [3.05, 3.63) is 58.1 Å². The summed E-state index contributed by atoms with van der Waals surface area (Å²) in [6.07, 6.45) is 3.56. The average Bonchev–Trinajstić information content (AvgIpc) is 2.69. The van der Waals surface area contributed by atoms with E-state index in [-0.39, 0.29) is 0 Å². The van der Waals surface area contributed by atoms with Gasteiger partial charge in [-0.05, 0) is 65.0 Å². The zero-order valence-corrected chi connectivity index (χ0v) is 12.7. The SMILES string of the molecule is N#Cc1ccc(N2CCCCc3ccccc32)cc1Br. The molecule has 0 saturated heterocycles. The number of nitrogens with zero attached hydrogens (tertiary/aromatic N) is 2. The first-order chi connectivity index (χ1) is 9.79. The molecule has 0 unspecified atom stereocenters. The first-order valence-electron chi connectivity index (χ1n) is 6.84. The lowest BCUT2D eigenvalue weighted by atomic mass is 10.1. The molecule has 1 aliphatic rings. The number of nitriles is 1. The molecule has 0 aromatic heterocycles. The van der Waals surface area contributed by atoms with Gasteiger partial charge in [0.1, 0.15) is 6.07 Å². The topological polar surface area (TPSA) is 27.0 Å². The number of hydrogen-bond donors (Lipinski definition) is 0. The summed E-state index contributed by atoms with van der Waals surface area (Å²) in [4.78, 5) is 2.36. The van der Waals surface area contributed by atoms with Crippen molar-refractivity contribution in [3.8, 4) is 6.07 Å². The van der Waals surface area contributed by atoms with Crippen LogP contribution in [0.3, 0.4) is 0 Å². The van der Waals surface area contributed by atoms with Crippen molar-refractivity contribution in [2.75, 3.05) is 11.4 Å². The van der Waals surface area contributed by atoms with Crippen LogP contribution in [0.15, 0.2) is 46.9 Å². The van der Waals surface area contributed by atoms with Gasteiger partial charge in [-0.25, -0.2) is 0 Å². The Labute approximate surface area is 127 Å². The number of aryl methyl sites for hydroxylation is 1. The van der Waals surface area contributed by atoms with Crippen LogP contribution in [0.4, 0.5) is 11.4 Å². The molecule has 0 saturated carbocycles. The molecular weight excluding hydrogens is 312 g/mol. The van der Waals surface area contributed by atoms with E-state index < -0.39 is 0 Å². The molecule has 0 amide bonds. The Morgan fingerprint density at radius 2 is 1.95 bits per heavy atom. The molecule has 2 nitrogen and oxygen atoms in total. The van der Waals surface area contributed by atoms with Crippen LogP contribution in [0.5, 0.6) is 0 Å². The van der Waals surface area contributed by atoms with E-state index in [4.69, 9.17) is 5.26 Å². The lowest BCUT2D eigenvalue weighted by molar-refractivity contribution is 0.761. The maximum atomic E-state index is 9.03. The molecular formula is C17H15BrN2. The highest BCUT2D eigenvalue weighted by Gasteiger charge is 2.16. The van der Waals surface area contributed by atoms with Crippen LogP contribution in [-0.2, 0) is 6.42 Å². The smallest absolute Gasteiger partial charge is 0.100 e. The van der Waals surface area contributed by atoms with E-state index in [1.165, 1.54) is 24.1 Å². The van der Waals surface area contributed by atoms with Crippen molar-refractivity contribution < 1.29 is 0 Å². The molecule has 100 valence electrons. The molecule has 0 aliphatic carbocycles. The zero-order valence-electron chi connectivity index (χ0n) is 11.1. The molecule has 0 radical (unpaired) electrons. The summed E-state index contributed by atoms with van der Waals surface area (Å²) in [5.74, 6) is 0. The molecule has 3 rings (SSSR count). The van der Waals surface area contributed by atoms with Gasteiger partial charge in [-0.15, -0.1) is 0 Å². The number of hydrogen-bond acceptors (Lipinski definition) is 2. The number of halogens is 1. The van der Waals surface area contributed by atoms with Crippen molar-refractivity contribution in [3.63, 3.8) is 0 Å². The summed E-state index contributed by atoms with van der Waals surface area (Å²) in [6, 6.07) is 16.8. The molecule has 0 fully saturated rings. The predicted octanol–water partition coefficient (Wildman–Crippen LogP) is 4.80. The van der Waals surface area contributed by atoms with Crippen molar-refractivity contribution >= 4 is 27.3 Å². The Hall–Kier alpha value is -1.79. The van der Waals surface area contributed by atoms with Crippen LogP contribution in [0.1, 0.15) is 24.0 Å². The van der Waals surface area contributed by atoms with E-state index in [0.717, 1.165) is 23.1 Å². The average molecular weight is 327 g/mol. The summed E-state index contributed by atoms with van der Waals surface area (Å²) < 4.78 is 0.860. The van der Waals surface area contributed by atoms with Gasteiger partial charge < -0.3 is 4.90 Å². The minimum atomic E-state index is 0.678. The minimum Gasteiger partial charge on any atom is -0.341 e. The summed E-state index contributed by atoms with van der Waals surface area (Å²) in [5.41, 5.74) is 4.52. The number of rotatable bonds is 1. The van der Waals surface area contributed by atoms with E-state index in [2.05, 4.69) is 51.2 Å². The molecule has 0 N–H and O–H groups in total. The second-order valence-corrected chi connectivity index (χ2v) is 5.87. The molecule has 2 aromatic carbocycles. The molecule has 1 aliphatic heterocycles. The fourth-order valence-corrected chi connectivity index (χ4v) is 3.18. The van der Waals surface area contributed by atoms with Gasteiger partial charge in [-0.1, -0.05) is 18.2 Å². The van der Waals surface area contributed by atoms with E-state index in [0.29, 0.717) is 5.56 Å². The van der Waals surface area contributed by atoms with Gasteiger partial charge in [0.2, 0.25) is 0 Å². The summed E-state index contributed by atoms with van der Waals surface area (Å²) in [5, 5.41) is 9.03. The fraction of sp³-hybridized carbons (Fsp3) is 0.235. The van der Waals surface area contributed by atoms with E-state index in [9.17, 15) is 0 Å². The second kappa shape index (κ2) is 5.68. The molecule has 0 bridgehead atoms. The van der Waals surface area contributed by atoms with E-state index in [1.807, 2.05) is 18.2 Å². The minimum absolute atomic E-state index is 0.678. The highest BCUT2D eigenvalue weighted by Crippen LogP contribution is 2.34. The van der Waals surface area contributed by atoms with Crippen LogP contribution in [0, 0.1) is 11.3 Å². The number of anilines is 2. The molecule has 20 heavy (non-hydrogen) atoms. The Balaban J connectivity index is 2.06. The molecule has 2 aromatic rings. The first kappa shape index (κ1) is 13.2. The normalized spacial score (nSPS) is 14.3. The number of para-hydroxylation sites is 1. The van der Waals surface area contributed by atoms with Gasteiger partial charge in [-0.3, -0.25) is 0 Å². The summed E-state index contributed by atoms with van der Waals surface area (Å²) >= 11 is 3.48. The monoisotopic (exact) mass is 326 g/mol. The Morgan fingerprint density at radius 3 is 2.75 bits per heavy atom. The third kappa shape index (κ3) is 2.44. The van der Waals surface area contributed by atoms with Crippen LogP contribution in [-0.4, -0.2) is 6.54 Å². The van der Waals surface area contributed by atoms with Gasteiger partial charge in [-0.2, -0.15) is 5.26 Å². The van der Waals surface area contributed by atoms with Gasteiger partial charge in [0, 0.05) is 22.4 Å². The number of benzene rings is 2. The molecule has 1 heterocycles. The maximum absolute atomic E-state index is 9.03. The van der Waals surface area contributed by atoms with Crippen LogP contribution in [0.2, 0.25) is 0 Å². The summed E-state index contributed by atoms with van der Waals surface area (Å²) in [7, 11) is 0. The Morgan fingerprint density at radius 1 is 1.10 bits per heavy atom. The third-order valence-corrected chi connectivity index (χ3v) is 4.40. The van der Waals surface area contributed by atoms with Crippen molar-refractivity contribution in [2.24, 2.45) is 0 Å². The quantitative estimate of drug-likeness (QED) is 0.752. The highest BCUT2D eigenvalue weighted by atomic mass is 79.9. The first-order valence-corrected chi connectivity index (χ1v) is 7.64. The van der Waals surface area contributed by atoms with Crippen molar-refractivity contribution in [2.45, 2.75) is 19.3 Å². The molecule has 3 heteroatoms. The Bertz CT molecular complexity index is 673. The maximum Gasteiger partial charge on any atom is 0.100 e. The lowest BCUT2D eigenvalue weighted by Gasteiger charge is -2.25. The van der Waals surface area contributed by atoms with Crippen molar-refractivity contribution in [1.82, 2.24) is 0 Å². The molecule has 0 atom stereocenters. The van der Waals surface area contributed by atoms with Gasteiger partial charge in [0.25, 0.3) is 0 Å². The van der Waals surface area contributed by atoms with Gasteiger partial charge >= 0.3 is 0 Å². The van der Waals surface area contributed by atoms with Crippen LogP contribution >= 0.6 is 15.9 Å². The molecule has 0 spiro atoms. The Kier molecular flexibility index (Phi) is 3.75. The predicted molar refractivity (Wildman–Crippen MR) is 85.2 cm³/mol. The lowest BCUT2D eigenvalue weighted by Crippen LogP contribution is -2.17. The van der Waals surface area contributed by atoms with E-state index in [1.54, 1.807) is 0 Å². The van der Waals surface area contributed by atoms with Crippen LogP contribution < -0.4 is 4.90 Å².